The van der Waals surface area contributed by atoms with Gasteiger partial charge in [0.2, 0.25) is 0 Å². The van der Waals surface area contributed by atoms with Crippen LogP contribution in [-0.4, -0.2) is 53.5 Å². The maximum atomic E-state index is 12.9. The number of aryl methyl sites for hydroxylation is 1. The van der Waals surface area contributed by atoms with Gasteiger partial charge in [0, 0.05) is 32.7 Å². The summed E-state index contributed by atoms with van der Waals surface area (Å²) in [6.45, 7) is 3.14. The molecule has 0 saturated carbocycles. The molecular weight excluding hydrogens is 350 g/mol. The van der Waals surface area contributed by atoms with Crippen molar-refractivity contribution in [3.63, 3.8) is 0 Å². The van der Waals surface area contributed by atoms with Crippen LogP contribution in [0.15, 0.2) is 53.4 Å². The third-order valence-corrected chi connectivity index (χ3v) is 5.96. The first-order chi connectivity index (χ1) is 12.3. The van der Waals surface area contributed by atoms with Crippen molar-refractivity contribution in [2.45, 2.75) is 11.8 Å². The molecule has 0 fully saturated rings. The molecule has 1 amide bonds. The first-order valence-electron chi connectivity index (χ1n) is 8.33. The van der Waals surface area contributed by atoms with Gasteiger partial charge in [-0.05, 0) is 44.3 Å². The summed E-state index contributed by atoms with van der Waals surface area (Å²) in [4.78, 5) is 14.1. The lowest BCUT2D eigenvalue weighted by Crippen LogP contribution is -2.33. The molecule has 0 spiro atoms. The Morgan fingerprint density at radius 2 is 1.73 bits per heavy atom. The lowest BCUT2D eigenvalue weighted by molar-refractivity contribution is 0.0796. The molecule has 0 aromatic heterocycles. The molecule has 0 unspecified atom stereocenters. The first kappa shape index (κ1) is 19.9. The zero-order chi connectivity index (χ0) is 19.3. The number of hydrogen-bond acceptors (Lipinski definition) is 4. The van der Waals surface area contributed by atoms with E-state index in [2.05, 4.69) is 5.32 Å². The Kier molecular flexibility index (Phi) is 6.39. The van der Waals surface area contributed by atoms with E-state index in [1.807, 2.05) is 26.1 Å². The molecule has 140 valence electrons. The van der Waals surface area contributed by atoms with Crippen molar-refractivity contribution in [3.05, 3.63) is 59.7 Å². The van der Waals surface area contributed by atoms with E-state index < -0.39 is 10.0 Å². The highest BCUT2D eigenvalue weighted by molar-refractivity contribution is 7.92. The molecule has 6 nitrogen and oxygen atoms in total. The molecule has 2 rings (SSSR count). The summed E-state index contributed by atoms with van der Waals surface area (Å²) in [5.74, 6) is -0.213. The van der Waals surface area contributed by atoms with Gasteiger partial charge in [-0.2, -0.15) is 0 Å². The number of likely N-dealkylation sites (N-methyl/N-ethyl adjacent to an activating group) is 2. The van der Waals surface area contributed by atoms with Gasteiger partial charge >= 0.3 is 0 Å². The molecule has 0 aliphatic carbocycles. The zero-order valence-corrected chi connectivity index (χ0v) is 16.4. The Balaban J connectivity index is 2.30. The van der Waals surface area contributed by atoms with E-state index in [0.717, 1.165) is 5.56 Å². The molecule has 1 N–H and O–H groups in total. The Labute approximate surface area is 155 Å². The minimum atomic E-state index is -3.75. The predicted molar refractivity (Wildman–Crippen MR) is 104 cm³/mol. The van der Waals surface area contributed by atoms with Gasteiger partial charge in [0.1, 0.15) is 0 Å². The van der Waals surface area contributed by atoms with Crippen LogP contribution < -0.4 is 9.62 Å². The highest BCUT2D eigenvalue weighted by Gasteiger charge is 2.23. The van der Waals surface area contributed by atoms with Crippen molar-refractivity contribution in [1.82, 2.24) is 10.2 Å². The van der Waals surface area contributed by atoms with E-state index in [0.29, 0.717) is 24.3 Å². The molecule has 2 aromatic carbocycles. The van der Waals surface area contributed by atoms with Crippen molar-refractivity contribution in [2.24, 2.45) is 0 Å². The van der Waals surface area contributed by atoms with Crippen molar-refractivity contribution in [2.75, 3.05) is 38.5 Å². The monoisotopic (exact) mass is 375 g/mol. The van der Waals surface area contributed by atoms with Crippen LogP contribution in [0.3, 0.4) is 0 Å². The number of carbonyl (C=O) groups is 1. The molecule has 0 aliphatic rings. The fraction of sp³-hybridized carbons (Fsp3) is 0.316. The van der Waals surface area contributed by atoms with Crippen LogP contribution in [0.4, 0.5) is 5.69 Å². The average molecular weight is 375 g/mol. The van der Waals surface area contributed by atoms with E-state index in [1.165, 1.54) is 23.5 Å². The Hall–Kier alpha value is -2.38. The quantitative estimate of drug-likeness (QED) is 0.805. The summed E-state index contributed by atoms with van der Waals surface area (Å²) in [5, 5.41) is 2.98. The largest absolute Gasteiger partial charge is 0.340 e. The van der Waals surface area contributed by atoms with E-state index in [4.69, 9.17) is 0 Å². The minimum Gasteiger partial charge on any atom is -0.340 e. The van der Waals surface area contributed by atoms with Crippen LogP contribution in [0.2, 0.25) is 0 Å². The summed E-state index contributed by atoms with van der Waals surface area (Å²) in [6.07, 6.45) is 0. The number of sulfonamides is 1. The molecule has 0 bridgehead atoms. The van der Waals surface area contributed by atoms with Crippen molar-refractivity contribution in [1.29, 1.82) is 0 Å². The van der Waals surface area contributed by atoms with Gasteiger partial charge in [0.25, 0.3) is 15.9 Å². The lowest BCUT2D eigenvalue weighted by atomic mass is 10.2. The number of anilines is 1. The highest BCUT2D eigenvalue weighted by atomic mass is 32.2. The van der Waals surface area contributed by atoms with Crippen LogP contribution in [0.1, 0.15) is 15.9 Å². The Morgan fingerprint density at radius 1 is 1.08 bits per heavy atom. The van der Waals surface area contributed by atoms with Crippen molar-refractivity contribution >= 4 is 21.6 Å². The second-order valence-corrected chi connectivity index (χ2v) is 8.14. The van der Waals surface area contributed by atoms with Crippen LogP contribution in [0, 0.1) is 6.92 Å². The number of nitrogens with one attached hydrogen (secondary N) is 1. The van der Waals surface area contributed by atoms with Gasteiger partial charge in [-0.15, -0.1) is 0 Å². The van der Waals surface area contributed by atoms with E-state index in [1.54, 1.807) is 36.2 Å². The molecule has 0 radical (unpaired) electrons. The van der Waals surface area contributed by atoms with E-state index in [9.17, 15) is 13.2 Å². The molecule has 7 heteroatoms. The van der Waals surface area contributed by atoms with Gasteiger partial charge in [-0.25, -0.2) is 8.42 Å². The highest BCUT2D eigenvalue weighted by Crippen LogP contribution is 2.23. The topological polar surface area (TPSA) is 69.7 Å². The standard InChI is InChI=1S/C19H25N3O3S/c1-15-8-10-17(11-9-15)22(4)26(24,25)18-7-5-6-16(14-18)19(23)21(3)13-12-20-2/h5-11,14,20H,12-13H2,1-4H3. The van der Waals surface area contributed by atoms with Crippen LogP contribution in [0.5, 0.6) is 0 Å². The normalized spacial score (nSPS) is 11.2. The fourth-order valence-electron chi connectivity index (χ4n) is 2.44. The van der Waals surface area contributed by atoms with Crippen LogP contribution >= 0.6 is 0 Å². The van der Waals surface area contributed by atoms with Gasteiger partial charge in [-0.1, -0.05) is 23.8 Å². The van der Waals surface area contributed by atoms with Gasteiger partial charge in [-0.3, -0.25) is 9.10 Å². The zero-order valence-electron chi connectivity index (χ0n) is 15.6. The van der Waals surface area contributed by atoms with Gasteiger partial charge in [0.15, 0.2) is 0 Å². The molecule has 0 atom stereocenters. The van der Waals surface area contributed by atoms with Gasteiger partial charge < -0.3 is 10.2 Å². The number of hydrogen-bond donors (Lipinski definition) is 1. The SMILES string of the molecule is CNCCN(C)C(=O)c1cccc(S(=O)(=O)N(C)c2ccc(C)cc2)c1. The number of rotatable bonds is 7. The molecule has 2 aromatic rings. The third kappa shape index (κ3) is 4.42. The number of nitrogens with zero attached hydrogens (tertiary/aromatic N) is 2. The third-order valence-electron chi connectivity index (χ3n) is 4.18. The van der Waals surface area contributed by atoms with Crippen LogP contribution in [-0.2, 0) is 10.0 Å². The summed E-state index contributed by atoms with van der Waals surface area (Å²) in [6, 6.07) is 13.4. The fourth-order valence-corrected chi connectivity index (χ4v) is 3.68. The summed E-state index contributed by atoms with van der Waals surface area (Å²) in [7, 11) is 1.26. The molecule has 26 heavy (non-hydrogen) atoms. The number of benzene rings is 2. The van der Waals surface area contributed by atoms with Crippen LogP contribution in [0.25, 0.3) is 0 Å². The van der Waals surface area contributed by atoms with E-state index in [-0.39, 0.29) is 10.8 Å². The average Bonchev–Trinajstić information content (AvgIpc) is 2.65. The summed E-state index contributed by atoms with van der Waals surface area (Å²) >= 11 is 0. The predicted octanol–water partition coefficient (Wildman–Crippen LogP) is 2.11. The summed E-state index contributed by atoms with van der Waals surface area (Å²) < 4.78 is 27.1. The van der Waals surface area contributed by atoms with Crippen molar-refractivity contribution in [3.8, 4) is 0 Å². The molecular formula is C19H25N3O3S. The van der Waals surface area contributed by atoms with Gasteiger partial charge in [0.05, 0.1) is 10.6 Å². The number of amides is 1. The Morgan fingerprint density at radius 3 is 2.35 bits per heavy atom. The second-order valence-electron chi connectivity index (χ2n) is 6.17. The second kappa shape index (κ2) is 8.33. The molecule has 0 heterocycles. The molecule has 0 saturated heterocycles. The van der Waals surface area contributed by atoms with Crippen molar-refractivity contribution < 1.29 is 13.2 Å². The van der Waals surface area contributed by atoms with E-state index >= 15 is 0 Å². The first-order valence-corrected chi connectivity index (χ1v) is 9.77. The molecule has 0 aliphatic heterocycles. The minimum absolute atomic E-state index is 0.0911. The maximum Gasteiger partial charge on any atom is 0.264 e. The Bertz CT molecular complexity index is 864. The number of carbonyl (C=O) groups excluding carboxylic acids is 1. The maximum absolute atomic E-state index is 12.9. The smallest absolute Gasteiger partial charge is 0.264 e. The lowest BCUT2D eigenvalue weighted by Gasteiger charge is -2.21. The summed E-state index contributed by atoms with van der Waals surface area (Å²) in [5.41, 5.74) is 1.97.